The Balaban J connectivity index is 4.27. The highest BCUT2D eigenvalue weighted by atomic mass is 32.2. The molecule has 0 aromatic rings. The molecule has 0 amide bonds. The SMILES string of the molecule is COCCN(CCC(N)=S)CCS(=O)(=O)C(C)C. The van der Waals surface area contributed by atoms with Crippen LogP contribution in [0.4, 0.5) is 0 Å². The van der Waals surface area contributed by atoms with Crippen molar-refractivity contribution in [2.45, 2.75) is 25.5 Å². The van der Waals surface area contributed by atoms with Gasteiger partial charge in [-0.15, -0.1) is 0 Å². The third-order valence-electron chi connectivity index (χ3n) is 2.70. The van der Waals surface area contributed by atoms with E-state index in [9.17, 15) is 8.42 Å². The predicted molar refractivity (Wildman–Crippen MR) is 78.6 cm³/mol. The van der Waals surface area contributed by atoms with Crippen LogP contribution in [0.3, 0.4) is 0 Å². The molecule has 0 fully saturated rings. The van der Waals surface area contributed by atoms with Crippen molar-refractivity contribution in [2.75, 3.05) is 39.1 Å². The third kappa shape index (κ3) is 7.97. The van der Waals surface area contributed by atoms with Crippen LogP contribution in [0.25, 0.3) is 0 Å². The summed E-state index contributed by atoms with van der Waals surface area (Å²) in [6.07, 6.45) is 0.598. The van der Waals surface area contributed by atoms with Crippen molar-refractivity contribution in [1.29, 1.82) is 0 Å². The Kier molecular flexibility index (Phi) is 8.67. The molecule has 0 saturated heterocycles. The highest BCUT2D eigenvalue weighted by Gasteiger charge is 2.17. The van der Waals surface area contributed by atoms with E-state index >= 15 is 0 Å². The number of sulfone groups is 1. The number of hydrogen-bond donors (Lipinski definition) is 1. The Hall–Kier alpha value is -0.240. The van der Waals surface area contributed by atoms with Gasteiger partial charge in [-0.1, -0.05) is 12.2 Å². The fourth-order valence-corrected chi connectivity index (χ4v) is 2.39. The van der Waals surface area contributed by atoms with Crippen molar-refractivity contribution in [2.24, 2.45) is 5.73 Å². The number of methoxy groups -OCH3 is 1. The Bertz CT molecular complexity index is 342. The number of ether oxygens (including phenoxy) is 1. The first-order valence-electron chi connectivity index (χ1n) is 6.00. The van der Waals surface area contributed by atoms with Gasteiger partial charge in [0.05, 0.1) is 22.6 Å². The van der Waals surface area contributed by atoms with Gasteiger partial charge in [0, 0.05) is 33.2 Å². The topological polar surface area (TPSA) is 72.6 Å². The summed E-state index contributed by atoms with van der Waals surface area (Å²) in [6, 6.07) is 0. The normalized spacial score (nSPS) is 12.3. The summed E-state index contributed by atoms with van der Waals surface area (Å²) in [5, 5.41) is -0.336. The summed E-state index contributed by atoms with van der Waals surface area (Å²) in [6.45, 7) is 5.82. The monoisotopic (exact) mass is 296 g/mol. The molecule has 0 bridgehead atoms. The van der Waals surface area contributed by atoms with Crippen LogP contribution in [-0.4, -0.2) is 62.7 Å². The quantitative estimate of drug-likeness (QED) is 0.590. The van der Waals surface area contributed by atoms with Gasteiger partial charge in [-0.05, 0) is 13.8 Å². The van der Waals surface area contributed by atoms with E-state index in [-0.39, 0.29) is 11.0 Å². The zero-order chi connectivity index (χ0) is 14.2. The molecular weight excluding hydrogens is 272 g/mol. The summed E-state index contributed by atoms with van der Waals surface area (Å²) in [7, 11) is -1.38. The molecule has 0 aromatic carbocycles. The van der Waals surface area contributed by atoms with Gasteiger partial charge < -0.3 is 10.5 Å². The maximum Gasteiger partial charge on any atom is 0.153 e. The molecule has 7 heteroatoms. The fraction of sp³-hybridized carbons (Fsp3) is 0.909. The van der Waals surface area contributed by atoms with E-state index in [1.165, 1.54) is 0 Å². The molecule has 0 radical (unpaired) electrons. The van der Waals surface area contributed by atoms with E-state index in [0.717, 1.165) is 0 Å². The van der Waals surface area contributed by atoms with Crippen LogP contribution in [0.1, 0.15) is 20.3 Å². The lowest BCUT2D eigenvalue weighted by atomic mass is 10.3. The van der Waals surface area contributed by atoms with E-state index in [4.69, 9.17) is 22.7 Å². The smallest absolute Gasteiger partial charge is 0.153 e. The first kappa shape index (κ1) is 17.8. The number of rotatable bonds is 10. The second kappa shape index (κ2) is 8.79. The van der Waals surface area contributed by atoms with Crippen LogP contribution < -0.4 is 5.73 Å². The molecule has 2 N–H and O–H groups in total. The van der Waals surface area contributed by atoms with Crippen molar-refractivity contribution in [3.63, 3.8) is 0 Å². The lowest BCUT2D eigenvalue weighted by Gasteiger charge is -2.22. The Morgan fingerprint density at radius 3 is 2.39 bits per heavy atom. The average molecular weight is 296 g/mol. The number of nitrogens with two attached hydrogens (primary N) is 1. The van der Waals surface area contributed by atoms with E-state index in [1.54, 1.807) is 21.0 Å². The minimum Gasteiger partial charge on any atom is -0.393 e. The van der Waals surface area contributed by atoms with Crippen molar-refractivity contribution >= 4 is 27.0 Å². The predicted octanol–water partition coefficient (Wildman–Crippen LogP) is 0.434. The summed E-state index contributed by atoms with van der Waals surface area (Å²) in [5.74, 6) is 0.158. The van der Waals surface area contributed by atoms with Gasteiger partial charge in [0.25, 0.3) is 0 Å². The molecule has 18 heavy (non-hydrogen) atoms. The third-order valence-corrected chi connectivity index (χ3v) is 5.09. The first-order chi connectivity index (χ1) is 8.29. The minimum absolute atomic E-state index is 0.158. The Labute approximate surface area is 116 Å². The van der Waals surface area contributed by atoms with E-state index < -0.39 is 9.84 Å². The first-order valence-corrected chi connectivity index (χ1v) is 8.13. The van der Waals surface area contributed by atoms with Crippen LogP contribution in [-0.2, 0) is 14.6 Å². The van der Waals surface area contributed by atoms with Crippen molar-refractivity contribution in [3.05, 3.63) is 0 Å². The highest BCUT2D eigenvalue weighted by molar-refractivity contribution is 7.92. The van der Waals surface area contributed by atoms with Crippen molar-refractivity contribution < 1.29 is 13.2 Å². The second-order valence-electron chi connectivity index (χ2n) is 4.47. The fourth-order valence-electron chi connectivity index (χ4n) is 1.32. The summed E-state index contributed by atoms with van der Waals surface area (Å²) in [4.78, 5) is 2.46. The molecule has 0 unspecified atom stereocenters. The zero-order valence-corrected chi connectivity index (χ0v) is 13.0. The molecule has 0 aliphatic carbocycles. The van der Waals surface area contributed by atoms with Crippen LogP contribution in [0.2, 0.25) is 0 Å². The summed E-state index contributed by atoms with van der Waals surface area (Å²) in [5.41, 5.74) is 5.45. The van der Waals surface area contributed by atoms with Crippen molar-refractivity contribution in [1.82, 2.24) is 4.90 Å². The number of nitrogens with zero attached hydrogens (tertiary/aromatic N) is 1. The standard InChI is InChI=1S/C11H24N2O3S2/c1-10(2)18(14,15)9-7-13(6-8-16-3)5-4-11(12)17/h10H,4-9H2,1-3H3,(H2,12,17). The molecule has 0 aliphatic rings. The van der Waals surface area contributed by atoms with E-state index in [1.807, 2.05) is 4.90 Å². The zero-order valence-electron chi connectivity index (χ0n) is 11.4. The average Bonchev–Trinajstić information content (AvgIpc) is 2.27. The number of hydrogen-bond acceptors (Lipinski definition) is 5. The maximum atomic E-state index is 11.7. The van der Waals surface area contributed by atoms with Gasteiger partial charge in [0.1, 0.15) is 0 Å². The maximum absolute atomic E-state index is 11.7. The molecule has 0 aliphatic heterocycles. The minimum atomic E-state index is -3.00. The molecule has 0 spiro atoms. The van der Waals surface area contributed by atoms with Crippen LogP contribution >= 0.6 is 12.2 Å². The Morgan fingerprint density at radius 1 is 1.33 bits per heavy atom. The van der Waals surface area contributed by atoms with E-state index in [2.05, 4.69) is 0 Å². The second-order valence-corrected chi connectivity index (χ2v) is 7.67. The van der Waals surface area contributed by atoms with Crippen LogP contribution in [0.5, 0.6) is 0 Å². The summed E-state index contributed by atoms with van der Waals surface area (Å²) >= 11 is 4.83. The molecule has 108 valence electrons. The molecule has 0 heterocycles. The van der Waals surface area contributed by atoms with Crippen molar-refractivity contribution in [3.8, 4) is 0 Å². The van der Waals surface area contributed by atoms with Crippen LogP contribution in [0.15, 0.2) is 0 Å². The lowest BCUT2D eigenvalue weighted by Crippen LogP contribution is -2.36. The van der Waals surface area contributed by atoms with Gasteiger partial charge in [-0.3, -0.25) is 4.90 Å². The van der Waals surface area contributed by atoms with Crippen LogP contribution in [0, 0.1) is 0 Å². The highest BCUT2D eigenvalue weighted by Crippen LogP contribution is 2.02. The number of thiocarbonyl (C=S) groups is 1. The molecule has 0 saturated carbocycles. The molecular formula is C11H24N2O3S2. The van der Waals surface area contributed by atoms with Gasteiger partial charge in [-0.2, -0.15) is 0 Å². The van der Waals surface area contributed by atoms with Gasteiger partial charge in [-0.25, -0.2) is 8.42 Å². The Morgan fingerprint density at radius 2 is 1.94 bits per heavy atom. The lowest BCUT2D eigenvalue weighted by molar-refractivity contribution is 0.153. The van der Waals surface area contributed by atoms with E-state index in [0.29, 0.717) is 37.7 Å². The largest absolute Gasteiger partial charge is 0.393 e. The molecule has 0 aromatic heterocycles. The van der Waals surface area contributed by atoms with Gasteiger partial charge >= 0.3 is 0 Å². The molecule has 5 nitrogen and oxygen atoms in total. The van der Waals surface area contributed by atoms with Gasteiger partial charge in [0.2, 0.25) is 0 Å². The summed E-state index contributed by atoms with van der Waals surface area (Å²) < 4.78 is 28.5. The molecule has 0 atom stereocenters. The molecule has 0 rings (SSSR count). The van der Waals surface area contributed by atoms with Gasteiger partial charge in [0.15, 0.2) is 9.84 Å².